The quantitative estimate of drug-likeness (QED) is 0.600. The van der Waals surface area contributed by atoms with Gasteiger partial charge >= 0.3 is 150 Å². The summed E-state index contributed by atoms with van der Waals surface area (Å²) in [6, 6.07) is 11.7. The molecule has 7 heteroatoms. The molecule has 0 aliphatic rings. The van der Waals surface area contributed by atoms with E-state index in [1.165, 1.54) is 18.2 Å². The van der Waals surface area contributed by atoms with Crippen LogP contribution >= 0.6 is 0 Å². The molecular formula is C18H16FN3O2Se. The number of nitrogens with zero attached hydrogens (tertiary/aromatic N) is 1. The number of para-hydroxylation sites is 1. The van der Waals surface area contributed by atoms with Gasteiger partial charge in [-0.1, -0.05) is 0 Å². The predicted molar refractivity (Wildman–Crippen MR) is 95.9 cm³/mol. The molecule has 5 nitrogen and oxygen atoms in total. The van der Waals surface area contributed by atoms with Crippen molar-refractivity contribution in [3.63, 3.8) is 0 Å². The zero-order valence-electron chi connectivity index (χ0n) is 13.5. The Labute approximate surface area is 150 Å². The van der Waals surface area contributed by atoms with E-state index < -0.39 is 11.7 Å². The van der Waals surface area contributed by atoms with E-state index in [4.69, 9.17) is 5.73 Å². The number of hydrogen-bond acceptors (Lipinski definition) is 2. The number of hydrogen-bond donors (Lipinski definition) is 2. The van der Waals surface area contributed by atoms with Gasteiger partial charge in [0.2, 0.25) is 0 Å². The first-order valence-corrected chi connectivity index (χ1v) is 9.26. The molecule has 0 aliphatic carbocycles. The fraction of sp³-hybridized carbons (Fsp3) is 0.111. The van der Waals surface area contributed by atoms with E-state index in [-0.39, 0.29) is 27.4 Å². The number of carbonyl (C=O) groups excluding carboxylic acids is 2. The third-order valence-electron chi connectivity index (χ3n) is 3.77. The zero-order chi connectivity index (χ0) is 18.0. The van der Waals surface area contributed by atoms with Crippen LogP contribution in [0.5, 0.6) is 0 Å². The molecule has 2 aromatic carbocycles. The Bertz CT molecular complexity index is 968. The van der Waals surface area contributed by atoms with Crippen molar-refractivity contribution in [2.45, 2.75) is 6.54 Å². The standard InChI is InChI=1S/C18H16FN3O2Se/c1-21-17(23)10-22-9-16(12-4-2-3-5-14(12)22)25-15-8-11(19)6-7-13(15)18(20)24/h2-9H,10H2,1H3,(H2,20,24)(H,21,23). The van der Waals surface area contributed by atoms with Crippen molar-refractivity contribution < 1.29 is 14.0 Å². The number of halogens is 1. The second kappa shape index (κ2) is 7.09. The molecular weight excluding hydrogens is 388 g/mol. The number of nitrogens with two attached hydrogens (primary N) is 1. The molecule has 0 aliphatic heterocycles. The van der Waals surface area contributed by atoms with Gasteiger partial charge in [0.15, 0.2) is 0 Å². The summed E-state index contributed by atoms with van der Waals surface area (Å²) in [6.07, 6.45) is 1.88. The molecule has 0 fully saturated rings. The van der Waals surface area contributed by atoms with E-state index in [0.717, 1.165) is 15.4 Å². The van der Waals surface area contributed by atoms with Gasteiger partial charge < -0.3 is 0 Å². The summed E-state index contributed by atoms with van der Waals surface area (Å²) >= 11 is -0.333. The fourth-order valence-electron chi connectivity index (χ4n) is 2.56. The van der Waals surface area contributed by atoms with Crippen molar-refractivity contribution in [2.24, 2.45) is 5.73 Å². The first-order valence-electron chi connectivity index (χ1n) is 7.55. The van der Waals surface area contributed by atoms with E-state index in [0.29, 0.717) is 10.0 Å². The van der Waals surface area contributed by atoms with Crippen molar-refractivity contribution in [1.29, 1.82) is 0 Å². The van der Waals surface area contributed by atoms with Gasteiger partial charge in [0.05, 0.1) is 0 Å². The van der Waals surface area contributed by atoms with Crippen molar-refractivity contribution in [3.8, 4) is 0 Å². The SMILES string of the molecule is CNC(=O)Cn1cc([Se]c2cc(F)ccc2C(N)=O)c2ccccc21. The number of likely N-dealkylation sites (N-methyl/N-ethyl adjacent to an activating group) is 1. The van der Waals surface area contributed by atoms with Gasteiger partial charge in [-0.2, -0.15) is 0 Å². The van der Waals surface area contributed by atoms with Gasteiger partial charge in [0.25, 0.3) is 0 Å². The van der Waals surface area contributed by atoms with Crippen LogP contribution in [0, 0.1) is 5.82 Å². The summed E-state index contributed by atoms with van der Waals surface area (Å²) in [4.78, 5) is 23.4. The Balaban J connectivity index is 2.07. The second-order valence-electron chi connectivity index (χ2n) is 5.42. The van der Waals surface area contributed by atoms with Gasteiger partial charge in [-0.15, -0.1) is 0 Å². The average Bonchev–Trinajstić information content (AvgIpc) is 2.92. The molecule has 0 saturated carbocycles. The molecule has 0 bridgehead atoms. The van der Waals surface area contributed by atoms with Crippen LogP contribution in [0.1, 0.15) is 10.4 Å². The molecule has 0 unspecified atom stereocenters. The third kappa shape index (κ3) is 3.57. The number of rotatable bonds is 5. The van der Waals surface area contributed by atoms with Crippen LogP contribution in [0.2, 0.25) is 0 Å². The Kier molecular flexibility index (Phi) is 4.88. The van der Waals surface area contributed by atoms with Crippen LogP contribution in [-0.2, 0) is 11.3 Å². The van der Waals surface area contributed by atoms with E-state index in [9.17, 15) is 14.0 Å². The Morgan fingerprint density at radius 2 is 1.96 bits per heavy atom. The van der Waals surface area contributed by atoms with Crippen LogP contribution in [-0.4, -0.2) is 38.4 Å². The average molecular weight is 404 g/mol. The maximum atomic E-state index is 13.6. The van der Waals surface area contributed by atoms with Crippen LogP contribution in [0.25, 0.3) is 10.9 Å². The molecule has 0 radical (unpaired) electrons. The number of aromatic nitrogens is 1. The van der Waals surface area contributed by atoms with Crippen molar-refractivity contribution in [2.75, 3.05) is 7.05 Å². The van der Waals surface area contributed by atoms with Gasteiger partial charge in [-0.05, 0) is 0 Å². The normalized spacial score (nSPS) is 10.8. The molecule has 3 rings (SSSR count). The molecule has 1 heterocycles. The van der Waals surface area contributed by atoms with Crippen LogP contribution in [0.3, 0.4) is 0 Å². The molecule has 0 atom stereocenters. The second-order valence-corrected chi connectivity index (χ2v) is 7.69. The fourth-order valence-corrected chi connectivity index (χ4v) is 4.97. The van der Waals surface area contributed by atoms with Crippen LogP contribution in [0.4, 0.5) is 4.39 Å². The van der Waals surface area contributed by atoms with Crippen molar-refractivity contribution in [1.82, 2.24) is 9.88 Å². The first kappa shape index (κ1) is 17.2. The van der Waals surface area contributed by atoms with Gasteiger partial charge in [0, 0.05) is 0 Å². The zero-order valence-corrected chi connectivity index (χ0v) is 15.2. The van der Waals surface area contributed by atoms with Gasteiger partial charge in [0.1, 0.15) is 0 Å². The Morgan fingerprint density at radius 3 is 2.68 bits per heavy atom. The molecule has 0 saturated heterocycles. The van der Waals surface area contributed by atoms with E-state index >= 15 is 0 Å². The molecule has 3 N–H and O–H groups in total. The van der Waals surface area contributed by atoms with Gasteiger partial charge in [-0.25, -0.2) is 0 Å². The summed E-state index contributed by atoms with van der Waals surface area (Å²) in [6.45, 7) is 0.193. The Morgan fingerprint density at radius 1 is 1.20 bits per heavy atom. The summed E-state index contributed by atoms with van der Waals surface area (Å²) < 4.78 is 17.1. The maximum absolute atomic E-state index is 13.6. The molecule has 128 valence electrons. The number of nitrogens with one attached hydrogen (secondary N) is 1. The molecule has 0 spiro atoms. The first-order chi connectivity index (χ1) is 12.0. The number of primary amides is 1. The summed E-state index contributed by atoms with van der Waals surface area (Å²) in [7, 11) is 1.59. The summed E-state index contributed by atoms with van der Waals surface area (Å²) in [5, 5.41) is 3.58. The topological polar surface area (TPSA) is 77.1 Å². The molecule has 1 aromatic heterocycles. The molecule has 2 amide bonds. The Hall–Kier alpha value is -2.63. The number of carbonyl (C=O) groups is 2. The minimum atomic E-state index is -0.578. The number of benzene rings is 2. The predicted octanol–water partition coefficient (Wildman–Crippen LogP) is 0.280. The summed E-state index contributed by atoms with van der Waals surface area (Å²) in [5.74, 6) is -1.09. The molecule has 25 heavy (non-hydrogen) atoms. The van der Waals surface area contributed by atoms with Crippen LogP contribution in [0.15, 0.2) is 48.7 Å². The minimum absolute atomic E-state index is 0.108. The van der Waals surface area contributed by atoms with Crippen molar-refractivity contribution >= 4 is 46.6 Å². The number of amides is 2. The van der Waals surface area contributed by atoms with Crippen LogP contribution < -0.4 is 20.0 Å². The molecule has 3 aromatic rings. The van der Waals surface area contributed by atoms with Crippen molar-refractivity contribution in [3.05, 3.63) is 60.0 Å². The monoisotopic (exact) mass is 405 g/mol. The van der Waals surface area contributed by atoms with Gasteiger partial charge in [-0.3, -0.25) is 0 Å². The number of fused-ring (bicyclic) bond motifs is 1. The third-order valence-corrected chi connectivity index (χ3v) is 6.09. The van der Waals surface area contributed by atoms with E-state index in [1.54, 1.807) is 7.05 Å². The van der Waals surface area contributed by atoms with E-state index in [1.807, 2.05) is 35.0 Å². The van der Waals surface area contributed by atoms with E-state index in [2.05, 4.69) is 5.32 Å². The summed E-state index contributed by atoms with van der Waals surface area (Å²) in [5.41, 5.74) is 6.65.